The van der Waals surface area contributed by atoms with E-state index in [0.29, 0.717) is 26.0 Å². The zero-order valence-corrected chi connectivity index (χ0v) is 19.6. The van der Waals surface area contributed by atoms with Gasteiger partial charge in [-0.2, -0.15) is 5.48 Å². The minimum Gasteiger partial charge on any atom is -0.375 e. The molecule has 1 heterocycles. The number of rotatable bonds is 12. The first-order valence-corrected chi connectivity index (χ1v) is 10.6. The molecule has 0 aromatic carbocycles. The number of likely N-dealkylation sites (tertiary alicyclic amines) is 1. The first-order valence-electron chi connectivity index (χ1n) is 9.68. The standard InChI is InChI=1S/C19H35IN2O5/c1-14(2)17(24)15-8-7-12-22(15)16(23)9-10-19(5,6)25-13-11-18(3,4)21-27-26-20/h14-15,21H,7-13H2,1-6H3. The number of Topliss-reactive ketones (excluding diaryl/α,β-unsaturated/α-hetero) is 1. The van der Waals surface area contributed by atoms with Crippen LogP contribution in [0.15, 0.2) is 0 Å². The second kappa shape index (κ2) is 11.0. The third kappa shape index (κ3) is 8.72. The number of carbonyl (C=O) groups is 2. The largest absolute Gasteiger partial charge is 0.375 e. The summed E-state index contributed by atoms with van der Waals surface area (Å²) in [7, 11) is 0. The molecule has 1 aliphatic rings. The number of hydrogen-bond donors (Lipinski definition) is 1. The van der Waals surface area contributed by atoms with Crippen molar-refractivity contribution in [2.75, 3.05) is 13.2 Å². The summed E-state index contributed by atoms with van der Waals surface area (Å²) in [5.41, 5.74) is 2.10. The Morgan fingerprint density at radius 1 is 1.22 bits per heavy atom. The molecule has 1 fully saturated rings. The number of amides is 1. The van der Waals surface area contributed by atoms with Crippen molar-refractivity contribution in [1.29, 1.82) is 0 Å². The summed E-state index contributed by atoms with van der Waals surface area (Å²) in [5, 5.41) is 0. The molecule has 1 atom stereocenters. The molecule has 1 rings (SSSR count). The fourth-order valence-corrected chi connectivity index (χ4v) is 3.22. The number of nitrogens with one attached hydrogen (secondary N) is 1. The van der Waals surface area contributed by atoms with Crippen LogP contribution in [0.3, 0.4) is 0 Å². The Hall–Kier alpha value is -0.290. The highest BCUT2D eigenvalue weighted by atomic mass is 127. The second-order valence-electron chi connectivity index (χ2n) is 8.79. The molecule has 7 nitrogen and oxygen atoms in total. The summed E-state index contributed by atoms with van der Waals surface area (Å²) in [5.74, 6) is 0.184. The van der Waals surface area contributed by atoms with Gasteiger partial charge in [0, 0.05) is 31.0 Å². The summed E-state index contributed by atoms with van der Waals surface area (Å²) in [6.45, 7) is 13.0. The molecule has 0 spiro atoms. The lowest BCUT2D eigenvalue weighted by molar-refractivity contribution is -0.245. The fourth-order valence-electron chi connectivity index (χ4n) is 3.13. The lowest BCUT2D eigenvalue weighted by Gasteiger charge is -2.30. The maximum Gasteiger partial charge on any atom is 0.223 e. The molecule has 1 unspecified atom stereocenters. The van der Waals surface area contributed by atoms with E-state index in [9.17, 15) is 9.59 Å². The van der Waals surface area contributed by atoms with Gasteiger partial charge in [0.05, 0.1) is 11.6 Å². The molecule has 1 saturated heterocycles. The molecule has 0 aromatic heterocycles. The maximum absolute atomic E-state index is 12.7. The monoisotopic (exact) mass is 498 g/mol. The second-order valence-corrected chi connectivity index (χ2v) is 9.15. The van der Waals surface area contributed by atoms with Crippen molar-refractivity contribution >= 4 is 34.7 Å². The number of ketones is 1. The molecule has 0 bridgehead atoms. The Labute approximate surface area is 177 Å². The van der Waals surface area contributed by atoms with Crippen molar-refractivity contribution < 1.29 is 22.5 Å². The molecule has 1 N–H and O–H groups in total. The molecule has 158 valence electrons. The highest BCUT2D eigenvalue weighted by Gasteiger charge is 2.35. The van der Waals surface area contributed by atoms with Gasteiger partial charge in [-0.25, -0.2) is 0 Å². The van der Waals surface area contributed by atoms with Crippen LogP contribution < -0.4 is 5.48 Å². The SMILES string of the molecule is CC(C)C(=O)C1CCCN1C(=O)CCC(C)(C)OCCC(C)(C)NOOI. The molecule has 0 radical (unpaired) electrons. The van der Waals surface area contributed by atoms with Crippen LogP contribution in [0.1, 0.15) is 73.6 Å². The lowest BCUT2D eigenvalue weighted by atomic mass is 9.98. The van der Waals surface area contributed by atoms with Crippen LogP contribution in [0.4, 0.5) is 0 Å². The summed E-state index contributed by atoms with van der Waals surface area (Å²) in [6, 6.07) is -0.242. The minimum absolute atomic E-state index is 0.0401. The molecule has 0 aromatic rings. The van der Waals surface area contributed by atoms with E-state index in [1.807, 2.05) is 41.5 Å². The third-order valence-electron chi connectivity index (χ3n) is 4.98. The van der Waals surface area contributed by atoms with Gasteiger partial charge < -0.3 is 9.64 Å². The predicted molar refractivity (Wildman–Crippen MR) is 112 cm³/mol. The summed E-state index contributed by atoms with van der Waals surface area (Å²) in [6.07, 6.45) is 3.42. The van der Waals surface area contributed by atoms with Gasteiger partial charge in [-0.1, -0.05) is 13.8 Å². The van der Waals surface area contributed by atoms with Gasteiger partial charge >= 0.3 is 0 Å². The summed E-state index contributed by atoms with van der Waals surface area (Å²) < 4.78 is 10.5. The first kappa shape index (κ1) is 24.7. The molecule has 0 aliphatic carbocycles. The molecule has 8 heteroatoms. The van der Waals surface area contributed by atoms with Gasteiger partial charge in [0.25, 0.3) is 0 Å². The summed E-state index contributed by atoms with van der Waals surface area (Å²) in [4.78, 5) is 31.5. The van der Waals surface area contributed by atoms with E-state index in [1.54, 1.807) is 27.9 Å². The van der Waals surface area contributed by atoms with Crippen molar-refractivity contribution in [3.8, 4) is 0 Å². The fraction of sp³-hybridized carbons (Fsp3) is 0.895. The highest BCUT2D eigenvalue weighted by molar-refractivity contribution is 14.1. The Morgan fingerprint density at radius 2 is 1.89 bits per heavy atom. The number of nitrogens with zero attached hydrogens (tertiary/aromatic N) is 1. The van der Waals surface area contributed by atoms with Gasteiger partial charge in [0.2, 0.25) is 5.91 Å². The molecular formula is C19H35IN2O5. The minimum atomic E-state index is -0.413. The van der Waals surface area contributed by atoms with Gasteiger partial charge in [0.1, 0.15) is 0 Å². The first-order chi connectivity index (χ1) is 12.5. The van der Waals surface area contributed by atoms with E-state index in [-0.39, 0.29) is 29.2 Å². The number of carbonyl (C=O) groups excluding carboxylic acids is 2. The molecule has 0 saturated carbocycles. The zero-order chi connectivity index (χ0) is 20.7. The molecule has 27 heavy (non-hydrogen) atoms. The van der Waals surface area contributed by atoms with E-state index >= 15 is 0 Å². The van der Waals surface area contributed by atoms with Crippen LogP contribution >= 0.6 is 23.0 Å². The van der Waals surface area contributed by atoms with Crippen LogP contribution in [0.25, 0.3) is 0 Å². The van der Waals surface area contributed by atoms with Crippen LogP contribution in [-0.2, 0) is 22.5 Å². The number of hydroxylamine groups is 1. The molecule has 1 aliphatic heterocycles. The number of hydrogen-bond acceptors (Lipinski definition) is 6. The van der Waals surface area contributed by atoms with Crippen LogP contribution in [0.2, 0.25) is 0 Å². The normalized spacial score (nSPS) is 18.4. The summed E-state index contributed by atoms with van der Waals surface area (Å²) >= 11 is 1.65. The molecule has 1 amide bonds. The van der Waals surface area contributed by atoms with Gasteiger partial charge in [-0.15, -0.1) is 8.21 Å². The number of halogens is 1. The third-order valence-corrected chi connectivity index (χ3v) is 5.16. The van der Waals surface area contributed by atoms with Crippen LogP contribution in [-0.4, -0.2) is 46.9 Å². The van der Waals surface area contributed by atoms with Crippen molar-refractivity contribution in [2.24, 2.45) is 5.92 Å². The van der Waals surface area contributed by atoms with E-state index in [1.165, 1.54) is 0 Å². The van der Waals surface area contributed by atoms with Crippen molar-refractivity contribution in [2.45, 2.75) is 90.8 Å². The van der Waals surface area contributed by atoms with Gasteiger partial charge in [0.15, 0.2) is 28.8 Å². The van der Waals surface area contributed by atoms with E-state index < -0.39 is 5.60 Å². The van der Waals surface area contributed by atoms with Crippen LogP contribution in [0.5, 0.6) is 0 Å². The van der Waals surface area contributed by atoms with Crippen molar-refractivity contribution in [1.82, 2.24) is 10.4 Å². The van der Waals surface area contributed by atoms with E-state index in [4.69, 9.17) is 9.73 Å². The Morgan fingerprint density at radius 3 is 2.48 bits per heavy atom. The molecular weight excluding hydrogens is 463 g/mol. The van der Waals surface area contributed by atoms with Crippen molar-refractivity contribution in [3.63, 3.8) is 0 Å². The highest BCUT2D eigenvalue weighted by Crippen LogP contribution is 2.25. The van der Waals surface area contributed by atoms with Crippen molar-refractivity contribution in [3.05, 3.63) is 0 Å². The van der Waals surface area contributed by atoms with Gasteiger partial charge in [-0.3, -0.25) is 9.59 Å². The van der Waals surface area contributed by atoms with E-state index in [0.717, 1.165) is 19.3 Å². The van der Waals surface area contributed by atoms with E-state index in [2.05, 4.69) is 8.70 Å². The Balaban J connectivity index is 2.44. The lowest BCUT2D eigenvalue weighted by Crippen LogP contribution is -2.43. The zero-order valence-electron chi connectivity index (χ0n) is 17.5. The average molecular weight is 498 g/mol. The predicted octanol–water partition coefficient (Wildman–Crippen LogP) is 3.75. The quantitative estimate of drug-likeness (QED) is 0.251. The maximum atomic E-state index is 12.7. The average Bonchev–Trinajstić information content (AvgIpc) is 3.06. The van der Waals surface area contributed by atoms with Crippen LogP contribution in [0, 0.1) is 5.92 Å². The smallest absolute Gasteiger partial charge is 0.223 e. The topological polar surface area (TPSA) is 77.1 Å². The number of ether oxygens (including phenoxy) is 1. The Kier molecular flexibility index (Phi) is 10.1. The Bertz CT molecular complexity index is 496. The van der Waals surface area contributed by atoms with Gasteiger partial charge in [-0.05, 0) is 53.4 Å².